The lowest BCUT2D eigenvalue weighted by atomic mass is 10.0. The third-order valence-electron chi connectivity index (χ3n) is 2.76. The van der Waals surface area contributed by atoms with Crippen molar-refractivity contribution >= 4 is 10.8 Å². The lowest BCUT2D eigenvalue weighted by molar-refractivity contribution is 0.405. The van der Waals surface area contributed by atoms with Crippen molar-refractivity contribution in [2.45, 2.75) is 0 Å². The molecular weight excluding hydrogens is 216 g/mol. The Hall–Kier alpha value is -2.49. The van der Waals surface area contributed by atoms with Crippen molar-refractivity contribution in [1.82, 2.24) is 9.97 Å². The summed E-state index contributed by atoms with van der Waals surface area (Å²) in [5.41, 5.74) is 1.82. The summed E-state index contributed by atoms with van der Waals surface area (Å²) in [7, 11) is 0. The van der Waals surface area contributed by atoms with Crippen LogP contribution >= 0.6 is 0 Å². The molecule has 0 amide bonds. The Kier molecular flexibility index (Phi) is 2.01. The van der Waals surface area contributed by atoms with Gasteiger partial charge in [0, 0.05) is 5.56 Å². The molecule has 3 aromatic rings. The van der Waals surface area contributed by atoms with Crippen LogP contribution in [0.15, 0.2) is 42.9 Å². The van der Waals surface area contributed by atoms with Crippen molar-refractivity contribution < 1.29 is 10.2 Å². The first-order valence-corrected chi connectivity index (χ1v) is 5.19. The van der Waals surface area contributed by atoms with Crippen LogP contribution in [0, 0.1) is 0 Å². The third kappa shape index (κ3) is 1.50. The van der Waals surface area contributed by atoms with Crippen LogP contribution in [0.5, 0.6) is 11.5 Å². The lowest BCUT2D eigenvalue weighted by Crippen LogP contribution is -1.81. The zero-order chi connectivity index (χ0) is 11.8. The van der Waals surface area contributed by atoms with Crippen LogP contribution in [-0.4, -0.2) is 20.2 Å². The number of benzene rings is 2. The molecule has 0 spiro atoms. The molecule has 3 N–H and O–H groups in total. The highest BCUT2D eigenvalue weighted by Crippen LogP contribution is 2.34. The van der Waals surface area contributed by atoms with Gasteiger partial charge in [-0.3, -0.25) is 0 Å². The van der Waals surface area contributed by atoms with Crippen molar-refractivity contribution in [3.8, 4) is 22.8 Å². The van der Waals surface area contributed by atoms with Crippen LogP contribution in [0.25, 0.3) is 22.0 Å². The molecular formula is C13H10N2O2. The number of hydrogen-bond donors (Lipinski definition) is 3. The minimum Gasteiger partial charge on any atom is -0.504 e. The van der Waals surface area contributed by atoms with Gasteiger partial charge in [0.15, 0.2) is 11.5 Å². The molecule has 0 saturated heterocycles. The fourth-order valence-corrected chi connectivity index (χ4v) is 1.94. The number of phenols is 2. The van der Waals surface area contributed by atoms with E-state index in [1.54, 1.807) is 24.7 Å². The van der Waals surface area contributed by atoms with E-state index in [0.717, 1.165) is 22.0 Å². The Morgan fingerprint density at radius 1 is 1.06 bits per heavy atom. The van der Waals surface area contributed by atoms with Crippen molar-refractivity contribution in [3.63, 3.8) is 0 Å². The average molecular weight is 226 g/mol. The van der Waals surface area contributed by atoms with Gasteiger partial charge >= 0.3 is 0 Å². The topological polar surface area (TPSA) is 69.1 Å². The van der Waals surface area contributed by atoms with Crippen LogP contribution in [0.3, 0.4) is 0 Å². The summed E-state index contributed by atoms with van der Waals surface area (Å²) in [6, 6.07) is 8.82. The predicted molar refractivity (Wildman–Crippen MR) is 64.9 cm³/mol. The maximum Gasteiger partial charge on any atom is 0.158 e. The van der Waals surface area contributed by atoms with Gasteiger partial charge in [-0.25, -0.2) is 4.98 Å². The largest absolute Gasteiger partial charge is 0.504 e. The molecule has 0 aliphatic heterocycles. The van der Waals surface area contributed by atoms with Crippen LogP contribution < -0.4 is 0 Å². The van der Waals surface area contributed by atoms with Gasteiger partial charge in [-0.15, -0.1) is 0 Å². The number of aromatic hydroxyl groups is 2. The molecule has 0 unspecified atom stereocenters. The lowest BCUT2D eigenvalue weighted by Gasteiger charge is -2.06. The van der Waals surface area contributed by atoms with Crippen LogP contribution in [0.4, 0.5) is 0 Å². The highest BCUT2D eigenvalue weighted by molar-refractivity contribution is 5.97. The van der Waals surface area contributed by atoms with E-state index >= 15 is 0 Å². The number of phenolic OH excluding ortho intramolecular Hbond substituents is 2. The zero-order valence-corrected chi connectivity index (χ0v) is 8.88. The van der Waals surface area contributed by atoms with E-state index in [1.165, 1.54) is 0 Å². The minimum absolute atomic E-state index is 0.112. The van der Waals surface area contributed by atoms with Gasteiger partial charge < -0.3 is 15.2 Å². The molecule has 1 aromatic heterocycles. The van der Waals surface area contributed by atoms with Gasteiger partial charge in [-0.05, 0) is 22.9 Å². The second kappa shape index (κ2) is 3.52. The Bertz CT molecular complexity index is 675. The van der Waals surface area contributed by atoms with Gasteiger partial charge in [0.25, 0.3) is 0 Å². The van der Waals surface area contributed by atoms with Crippen molar-refractivity contribution in [3.05, 3.63) is 42.9 Å². The van der Waals surface area contributed by atoms with Crippen LogP contribution in [0.2, 0.25) is 0 Å². The molecule has 0 atom stereocenters. The molecule has 84 valence electrons. The number of nitrogens with one attached hydrogen (secondary N) is 1. The third-order valence-corrected chi connectivity index (χ3v) is 2.76. The van der Waals surface area contributed by atoms with E-state index in [1.807, 2.05) is 18.2 Å². The monoisotopic (exact) mass is 226 g/mol. The first kappa shape index (κ1) is 9.72. The van der Waals surface area contributed by atoms with Crippen molar-refractivity contribution in [1.29, 1.82) is 0 Å². The molecule has 0 aliphatic carbocycles. The highest BCUT2D eigenvalue weighted by Gasteiger charge is 2.08. The summed E-state index contributed by atoms with van der Waals surface area (Å²) in [5.74, 6) is -0.233. The fourth-order valence-electron chi connectivity index (χ4n) is 1.94. The molecule has 4 heteroatoms. The first-order chi connectivity index (χ1) is 8.25. The van der Waals surface area contributed by atoms with E-state index in [9.17, 15) is 10.2 Å². The Morgan fingerprint density at radius 3 is 2.65 bits per heavy atom. The van der Waals surface area contributed by atoms with Crippen LogP contribution in [-0.2, 0) is 0 Å². The van der Waals surface area contributed by atoms with Gasteiger partial charge in [0.1, 0.15) is 0 Å². The summed E-state index contributed by atoms with van der Waals surface area (Å²) < 4.78 is 0. The van der Waals surface area contributed by atoms with E-state index in [-0.39, 0.29) is 11.5 Å². The summed E-state index contributed by atoms with van der Waals surface area (Å²) in [6.07, 6.45) is 3.33. The second-order valence-corrected chi connectivity index (χ2v) is 3.83. The highest BCUT2D eigenvalue weighted by atomic mass is 16.3. The van der Waals surface area contributed by atoms with Gasteiger partial charge in [0.05, 0.1) is 18.2 Å². The molecule has 0 aliphatic rings. The number of imidazole rings is 1. The van der Waals surface area contributed by atoms with E-state index in [0.29, 0.717) is 0 Å². The number of nitrogens with zero attached hydrogens (tertiary/aromatic N) is 1. The molecule has 0 bridgehead atoms. The molecule has 0 saturated carbocycles. The van der Waals surface area contributed by atoms with Crippen molar-refractivity contribution in [2.24, 2.45) is 0 Å². The summed E-state index contributed by atoms with van der Waals surface area (Å²) >= 11 is 0. The van der Waals surface area contributed by atoms with E-state index in [2.05, 4.69) is 9.97 Å². The van der Waals surface area contributed by atoms with Gasteiger partial charge in [0.2, 0.25) is 0 Å². The SMILES string of the molecule is Oc1cc2cccc(-c3cnc[nH]3)c2cc1O. The van der Waals surface area contributed by atoms with Gasteiger partial charge in [-0.1, -0.05) is 18.2 Å². The molecule has 2 aromatic carbocycles. The quantitative estimate of drug-likeness (QED) is 0.559. The molecule has 1 heterocycles. The zero-order valence-electron chi connectivity index (χ0n) is 8.88. The summed E-state index contributed by atoms with van der Waals surface area (Å²) in [4.78, 5) is 7.00. The molecule has 17 heavy (non-hydrogen) atoms. The van der Waals surface area contributed by atoms with Crippen molar-refractivity contribution in [2.75, 3.05) is 0 Å². The molecule has 4 nitrogen and oxygen atoms in total. The molecule has 0 fully saturated rings. The number of aromatic amines is 1. The second-order valence-electron chi connectivity index (χ2n) is 3.83. The summed E-state index contributed by atoms with van der Waals surface area (Å²) in [6.45, 7) is 0. The fraction of sp³-hybridized carbons (Fsp3) is 0. The number of rotatable bonds is 1. The number of fused-ring (bicyclic) bond motifs is 1. The number of hydrogen-bond acceptors (Lipinski definition) is 3. The average Bonchev–Trinajstić information content (AvgIpc) is 2.83. The van der Waals surface area contributed by atoms with Gasteiger partial charge in [-0.2, -0.15) is 0 Å². The maximum absolute atomic E-state index is 9.56. The minimum atomic E-state index is -0.121. The van der Waals surface area contributed by atoms with Crippen LogP contribution in [0.1, 0.15) is 0 Å². The number of H-pyrrole nitrogens is 1. The Labute approximate surface area is 97.2 Å². The maximum atomic E-state index is 9.56. The molecule has 3 rings (SSSR count). The standard InChI is InChI=1S/C13H10N2O2/c16-12-4-8-2-1-3-9(10(8)5-13(12)17)11-6-14-7-15-11/h1-7,16-17H,(H,14,15). The number of aromatic nitrogens is 2. The predicted octanol–water partition coefficient (Wildman–Crippen LogP) is 2.64. The van der Waals surface area contributed by atoms with E-state index in [4.69, 9.17) is 0 Å². The van der Waals surface area contributed by atoms with E-state index < -0.39 is 0 Å². The molecule has 0 radical (unpaired) electrons. The normalized spacial score (nSPS) is 10.8. The Morgan fingerprint density at radius 2 is 1.88 bits per heavy atom. The Balaban J connectivity index is 2.36. The summed E-state index contributed by atoms with van der Waals surface area (Å²) in [5, 5.41) is 20.8. The smallest absolute Gasteiger partial charge is 0.158 e. The first-order valence-electron chi connectivity index (χ1n) is 5.19.